The van der Waals surface area contributed by atoms with Crippen LogP contribution >= 0.6 is 11.6 Å². The van der Waals surface area contributed by atoms with E-state index in [-0.39, 0.29) is 11.6 Å². The van der Waals surface area contributed by atoms with Gasteiger partial charge in [0, 0.05) is 10.6 Å². The van der Waals surface area contributed by atoms with Gasteiger partial charge in [-0.3, -0.25) is 0 Å². The Labute approximate surface area is 112 Å². The normalized spacial score (nSPS) is 32.9. The number of benzene rings is 1. The molecule has 3 nitrogen and oxygen atoms in total. The van der Waals surface area contributed by atoms with E-state index in [1.54, 1.807) is 0 Å². The lowest BCUT2D eigenvalue weighted by Gasteiger charge is -2.07. The molecule has 96 valence electrons. The van der Waals surface area contributed by atoms with Crippen molar-refractivity contribution >= 4 is 17.5 Å². The number of rotatable bonds is 2. The molecule has 0 amide bonds. The smallest absolute Gasteiger partial charge is 0.220 e. The Bertz CT molecular complexity index is 526. The molecule has 0 unspecified atom stereocenters. The number of epoxide rings is 1. The summed E-state index contributed by atoms with van der Waals surface area (Å²) in [6.07, 6.45) is -0.0566. The molecule has 1 fully saturated rings. The van der Waals surface area contributed by atoms with Crippen molar-refractivity contribution in [3.63, 3.8) is 0 Å². The predicted octanol–water partition coefficient (Wildman–Crippen LogP) is 3.38. The molecule has 0 radical (unpaired) electrons. The molecule has 1 aromatic rings. The first-order valence-corrected chi connectivity index (χ1v) is 6.46. The third-order valence-electron chi connectivity index (χ3n) is 3.38. The van der Waals surface area contributed by atoms with Gasteiger partial charge >= 0.3 is 0 Å². The Kier molecular flexibility index (Phi) is 2.48. The summed E-state index contributed by atoms with van der Waals surface area (Å²) in [5.41, 5.74) is 0.381. The van der Waals surface area contributed by atoms with Crippen LogP contribution in [-0.4, -0.2) is 23.6 Å². The topological polar surface area (TPSA) is 34.1 Å². The molecule has 2 heterocycles. The van der Waals surface area contributed by atoms with E-state index in [4.69, 9.17) is 21.1 Å². The molecular weight excluding hydrogens is 250 g/mol. The second kappa shape index (κ2) is 3.72. The van der Waals surface area contributed by atoms with Gasteiger partial charge in [0.25, 0.3) is 0 Å². The highest BCUT2D eigenvalue weighted by Gasteiger charge is 2.61. The van der Waals surface area contributed by atoms with Crippen LogP contribution < -0.4 is 0 Å². The summed E-state index contributed by atoms with van der Waals surface area (Å²) in [6, 6.07) is 7.74. The molecule has 0 N–H and O–H groups in total. The Hall–Kier alpha value is -1.06. The van der Waals surface area contributed by atoms with Crippen molar-refractivity contribution in [2.24, 2.45) is 4.99 Å². The van der Waals surface area contributed by atoms with Gasteiger partial charge in [-0.05, 0) is 26.8 Å². The standard InChI is InChI=1S/C14H16ClNO2/c1-13(2)8-17-12(16-13)14(3)11(18-14)9-6-4-5-7-10(9)15/h4-7,11H,8H2,1-3H3/t11-,14+/m0/s1. The van der Waals surface area contributed by atoms with Crippen LogP contribution in [0.3, 0.4) is 0 Å². The molecule has 1 aromatic carbocycles. The van der Waals surface area contributed by atoms with E-state index in [0.29, 0.717) is 12.5 Å². The molecule has 3 rings (SSSR count). The van der Waals surface area contributed by atoms with E-state index in [2.05, 4.69) is 18.8 Å². The number of hydrogen-bond acceptors (Lipinski definition) is 3. The predicted molar refractivity (Wildman–Crippen MR) is 71.1 cm³/mol. The summed E-state index contributed by atoms with van der Waals surface area (Å²) in [5.74, 6) is 0.692. The molecule has 2 aliphatic heterocycles. The van der Waals surface area contributed by atoms with Gasteiger partial charge in [0.15, 0.2) is 5.60 Å². The minimum absolute atomic E-state index is 0.0566. The van der Waals surface area contributed by atoms with Crippen molar-refractivity contribution in [2.75, 3.05) is 6.61 Å². The molecule has 2 aliphatic rings. The average molecular weight is 266 g/mol. The van der Waals surface area contributed by atoms with Crippen molar-refractivity contribution in [2.45, 2.75) is 38.0 Å². The van der Waals surface area contributed by atoms with Gasteiger partial charge < -0.3 is 9.47 Å². The number of halogens is 1. The first kappa shape index (κ1) is 12.0. The van der Waals surface area contributed by atoms with E-state index in [9.17, 15) is 0 Å². The van der Waals surface area contributed by atoms with Crippen LogP contribution in [0.2, 0.25) is 5.02 Å². The van der Waals surface area contributed by atoms with Crippen LogP contribution in [0.1, 0.15) is 32.4 Å². The fourth-order valence-electron chi connectivity index (χ4n) is 2.26. The molecule has 18 heavy (non-hydrogen) atoms. The SMILES string of the molecule is CC1(C)COC([C@]2(C)O[C@H]2c2ccccc2Cl)=N1. The Morgan fingerprint density at radius 2 is 2.00 bits per heavy atom. The van der Waals surface area contributed by atoms with Crippen LogP contribution in [0.25, 0.3) is 0 Å². The van der Waals surface area contributed by atoms with Gasteiger partial charge in [-0.1, -0.05) is 29.8 Å². The lowest BCUT2D eigenvalue weighted by molar-refractivity contribution is 0.251. The second-order valence-corrected chi connectivity index (χ2v) is 6.05. The largest absolute Gasteiger partial charge is 0.476 e. The van der Waals surface area contributed by atoms with Crippen LogP contribution in [0.4, 0.5) is 0 Å². The summed E-state index contributed by atoms with van der Waals surface area (Å²) >= 11 is 6.19. The minimum Gasteiger partial charge on any atom is -0.476 e. The van der Waals surface area contributed by atoms with E-state index >= 15 is 0 Å². The van der Waals surface area contributed by atoms with Crippen molar-refractivity contribution in [3.8, 4) is 0 Å². The summed E-state index contributed by atoms with van der Waals surface area (Å²) in [4.78, 5) is 4.59. The number of aliphatic imine (C=N–C) groups is 1. The minimum atomic E-state index is -0.460. The maximum absolute atomic E-state index is 6.19. The molecule has 1 saturated heterocycles. The van der Waals surface area contributed by atoms with Crippen molar-refractivity contribution in [1.29, 1.82) is 0 Å². The third kappa shape index (κ3) is 1.82. The average Bonchev–Trinajstić information content (AvgIpc) is 2.84. The van der Waals surface area contributed by atoms with Gasteiger partial charge in [-0.2, -0.15) is 0 Å². The first-order chi connectivity index (χ1) is 8.42. The highest BCUT2D eigenvalue weighted by Crippen LogP contribution is 2.53. The monoisotopic (exact) mass is 265 g/mol. The van der Waals surface area contributed by atoms with E-state index in [0.717, 1.165) is 10.6 Å². The first-order valence-electron chi connectivity index (χ1n) is 6.08. The summed E-state index contributed by atoms with van der Waals surface area (Å²) in [5, 5.41) is 0.726. The molecule has 2 atom stereocenters. The van der Waals surface area contributed by atoms with Crippen molar-refractivity contribution in [1.82, 2.24) is 0 Å². The fraction of sp³-hybridized carbons (Fsp3) is 0.500. The van der Waals surface area contributed by atoms with Crippen LogP contribution in [-0.2, 0) is 9.47 Å². The van der Waals surface area contributed by atoms with E-state index in [1.165, 1.54) is 0 Å². The Balaban J connectivity index is 1.87. The number of ether oxygens (including phenoxy) is 2. The summed E-state index contributed by atoms with van der Waals surface area (Å²) < 4.78 is 11.5. The van der Waals surface area contributed by atoms with Crippen molar-refractivity contribution < 1.29 is 9.47 Å². The van der Waals surface area contributed by atoms with E-state index < -0.39 is 5.60 Å². The highest BCUT2D eigenvalue weighted by atomic mass is 35.5. The third-order valence-corrected chi connectivity index (χ3v) is 3.73. The van der Waals surface area contributed by atoms with Gasteiger partial charge in [0.2, 0.25) is 5.90 Å². The van der Waals surface area contributed by atoms with Crippen LogP contribution in [0.15, 0.2) is 29.3 Å². The van der Waals surface area contributed by atoms with Crippen molar-refractivity contribution in [3.05, 3.63) is 34.9 Å². The zero-order chi connectivity index (χ0) is 13.0. The van der Waals surface area contributed by atoms with E-state index in [1.807, 2.05) is 31.2 Å². The highest BCUT2D eigenvalue weighted by molar-refractivity contribution is 6.31. The quantitative estimate of drug-likeness (QED) is 0.769. The molecule has 0 aliphatic carbocycles. The molecule has 0 aromatic heterocycles. The summed E-state index contributed by atoms with van der Waals surface area (Å²) in [6.45, 7) is 6.71. The molecular formula is C14H16ClNO2. The number of nitrogens with zero attached hydrogens (tertiary/aromatic N) is 1. The molecule has 0 spiro atoms. The number of hydrogen-bond donors (Lipinski definition) is 0. The lowest BCUT2D eigenvalue weighted by Crippen LogP contribution is -2.21. The molecule has 4 heteroatoms. The van der Waals surface area contributed by atoms with Crippen LogP contribution in [0, 0.1) is 0 Å². The Morgan fingerprint density at radius 3 is 2.61 bits per heavy atom. The summed E-state index contributed by atoms with van der Waals surface area (Å²) in [7, 11) is 0. The van der Waals surface area contributed by atoms with Gasteiger partial charge in [0.05, 0.1) is 5.54 Å². The maximum Gasteiger partial charge on any atom is 0.220 e. The molecule has 0 bridgehead atoms. The van der Waals surface area contributed by atoms with Gasteiger partial charge in [0.1, 0.15) is 12.7 Å². The zero-order valence-electron chi connectivity index (χ0n) is 10.7. The van der Waals surface area contributed by atoms with Gasteiger partial charge in [-0.25, -0.2) is 4.99 Å². The second-order valence-electron chi connectivity index (χ2n) is 5.64. The van der Waals surface area contributed by atoms with Crippen LogP contribution in [0.5, 0.6) is 0 Å². The lowest BCUT2D eigenvalue weighted by atomic mass is 10.0. The zero-order valence-corrected chi connectivity index (χ0v) is 11.5. The van der Waals surface area contributed by atoms with Gasteiger partial charge in [-0.15, -0.1) is 0 Å². The molecule has 0 saturated carbocycles. The Morgan fingerprint density at radius 1 is 1.28 bits per heavy atom. The fourth-order valence-corrected chi connectivity index (χ4v) is 2.49. The maximum atomic E-state index is 6.19.